The number of hydrogen-bond acceptors (Lipinski definition) is 5. The third kappa shape index (κ3) is 2.48. The van der Waals surface area contributed by atoms with Crippen LogP contribution in [0.1, 0.15) is 19.3 Å². The van der Waals surface area contributed by atoms with E-state index in [2.05, 4.69) is 30.2 Å². The zero-order chi connectivity index (χ0) is 14.8. The Labute approximate surface area is 128 Å². The lowest BCUT2D eigenvalue weighted by molar-refractivity contribution is 0.219. The van der Waals surface area contributed by atoms with Crippen LogP contribution in [0.4, 0.5) is 0 Å². The van der Waals surface area contributed by atoms with Crippen LogP contribution in [0, 0.1) is 0 Å². The summed E-state index contributed by atoms with van der Waals surface area (Å²) in [4.78, 5) is 11.3. The summed E-state index contributed by atoms with van der Waals surface area (Å²) in [5, 5.41) is 12.3. The molecule has 0 atom stereocenters. The van der Waals surface area contributed by atoms with Crippen molar-refractivity contribution < 1.29 is 0 Å². The van der Waals surface area contributed by atoms with Gasteiger partial charge < -0.3 is 4.90 Å². The van der Waals surface area contributed by atoms with Gasteiger partial charge in [-0.05, 0) is 25.9 Å². The number of nitrogens with zero attached hydrogens (tertiary/aromatic N) is 6. The number of hydrogen-bond donors (Lipinski definition) is 1. The van der Waals surface area contributed by atoms with E-state index in [0.717, 1.165) is 35.4 Å². The van der Waals surface area contributed by atoms with E-state index in [4.69, 9.17) is 0 Å². The van der Waals surface area contributed by atoms with E-state index < -0.39 is 0 Å². The Balaban J connectivity index is 1.59. The van der Waals surface area contributed by atoms with Crippen molar-refractivity contribution in [2.45, 2.75) is 25.8 Å². The molecule has 0 unspecified atom stereocenters. The molecular formula is C15H19N7. The molecule has 3 aromatic heterocycles. The lowest BCUT2D eigenvalue weighted by Gasteiger charge is -2.26. The number of aromatic amines is 1. The molecule has 114 valence electrons. The van der Waals surface area contributed by atoms with Crippen LogP contribution in [0.25, 0.3) is 22.3 Å². The predicted molar refractivity (Wildman–Crippen MR) is 83.2 cm³/mol. The number of piperidine rings is 1. The van der Waals surface area contributed by atoms with Gasteiger partial charge in [-0.25, -0.2) is 14.6 Å². The highest BCUT2D eigenvalue weighted by molar-refractivity contribution is 5.89. The van der Waals surface area contributed by atoms with Crippen LogP contribution in [-0.2, 0) is 6.54 Å². The second-order valence-electron chi connectivity index (χ2n) is 5.72. The normalized spacial score (nSPS) is 16.4. The van der Waals surface area contributed by atoms with E-state index in [1.165, 1.54) is 32.4 Å². The van der Waals surface area contributed by atoms with Crippen LogP contribution in [-0.4, -0.2) is 54.5 Å². The number of rotatable bonds is 4. The largest absolute Gasteiger partial charge is 0.301 e. The number of nitrogens with one attached hydrogen (secondary N) is 1. The molecule has 1 N–H and O–H groups in total. The lowest BCUT2D eigenvalue weighted by atomic mass is 10.1. The van der Waals surface area contributed by atoms with Crippen LogP contribution >= 0.6 is 0 Å². The first-order chi connectivity index (χ1) is 10.9. The fourth-order valence-electron chi connectivity index (χ4n) is 3.09. The van der Waals surface area contributed by atoms with E-state index in [0.29, 0.717) is 0 Å². The van der Waals surface area contributed by atoms with Gasteiger partial charge in [0.05, 0.1) is 30.0 Å². The predicted octanol–water partition coefficient (Wildman–Crippen LogP) is 1.70. The molecule has 7 nitrogen and oxygen atoms in total. The minimum atomic E-state index is 0.866. The average molecular weight is 297 g/mol. The molecule has 22 heavy (non-hydrogen) atoms. The van der Waals surface area contributed by atoms with Gasteiger partial charge in [0, 0.05) is 18.3 Å². The van der Waals surface area contributed by atoms with Crippen LogP contribution < -0.4 is 0 Å². The number of fused-ring (bicyclic) bond motifs is 1. The fraction of sp³-hybridized carbons (Fsp3) is 0.467. The molecular weight excluding hydrogens is 278 g/mol. The smallest absolute Gasteiger partial charge is 0.161 e. The first-order valence-electron chi connectivity index (χ1n) is 7.80. The average Bonchev–Trinajstić information content (AvgIpc) is 3.23. The van der Waals surface area contributed by atoms with Crippen LogP contribution in [0.3, 0.4) is 0 Å². The SMILES string of the molecule is c1nc(-c2cn[nH]c2)c2cnn(CCN3CCCCC3)c2n1. The van der Waals surface area contributed by atoms with Crippen molar-refractivity contribution in [1.29, 1.82) is 0 Å². The Hall–Kier alpha value is -2.28. The second-order valence-corrected chi connectivity index (χ2v) is 5.72. The van der Waals surface area contributed by atoms with E-state index in [1.54, 1.807) is 12.5 Å². The molecule has 0 aliphatic carbocycles. The molecule has 0 saturated carbocycles. The standard InChI is InChI=1S/C15H19N7/c1-2-4-21(5-3-1)6-7-22-15-13(10-20-22)14(16-11-17-15)12-8-18-19-9-12/h8-11H,1-7H2,(H,18,19). The Bertz CT molecular complexity index is 740. The van der Waals surface area contributed by atoms with E-state index >= 15 is 0 Å². The molecule has 0 aromatic carbocycles. The first kappa shape index (κ1) is 13.4. The summed E-state index contributed by atoms with van der Waals surface area (Å²) < 4.78 is 1.98. The number of likely N-dealkylation sites (tertiary alicyclic amines) is 1. The Morgan fingerprint density at radius 1 is 1.05 bits per heavy atom. The lowest BCUT2D eigenvalue weighted by Crippen LogP contribution is -2.32. The molecule has 0 bridgehead atoms. The molecule has 0 amide bonds. The van der Waals surface area contributed by atoms with Gasteiger partial charge in [-0.1, -0.05) is 6.42 Å². The first-order valence-corrected chi connectivity index (χ1v) is 7.80. The van der Waals surface area contributed by atoms with E-state index in [-0.39, 0.29) is 0 Å². The maximum atomic E-state index is 4.51. The van der Waals surface area contributed by atoms with Gasteiger partial charge in [-0.15, -0.1) is 0 Å². The minimum Gasteiger partial charge on any atom is -0.301 e. The zero-order valence-electron chi connectivity index (χ0n) is 12.4. The van der Waals surface area contributed by atoms with Crippen LogP contribution in [0.5, 0.6) is 0 Å². The van der Waals surface area contributed by atoms with Crippen molar-refractivity contribution in [2.75, 3.05) is 19.6 Å². The minimum absolute atomic E-state index is 0.866. The van der Waals surface area contributed by atoms with E-state index in [1.807, 2.05) is 17.1 Å². The monoisotopic (exact) mass is 297 g/mol. The van der Waals surface area contributed by atoms with Gasteiger partial charge in [-0.3, -0.25) is 5.10 Å². The van der Waals surface area contributed by atoms with Crippen LogP contribution in [0.2, 0.25) is 0 Å². The maximum absolute atomic E-state index is 4.51. The zero-order valence-corrected chi connectivity index (χ0v) is 12.4. The number of aromatic nitrogens is 6. The van der Waals surface area contributed by atoms with Gasteiger partial charge in [0.15, 0.2) is 5.65 Å². The molecule has 0 spiro atoms. The molecule has 7 heteroatoms. The summed E-state index contributed by atoms with van der Waals surface area (Å²) in [5.74, 6) is 0. The quantitative estimate of drug-likeness (QED) is 0.793. The van der Waals surface area contributed by atoms with Gasteiger partial charge in [0.25, 0.3) is 0 Å². The van der Waals surface area contributed by atoms with Crippen molar-refractivity contribution in [3.63, 3.8) is 0 Å². The topological polar surface area (TPSA) is 75.5 Å². The highest BCUT2D eigenvalue weighted by Crippen LogP contribution is 2.23. The Morgan fingerprint density at radius 2 is 1.95 bits per heavy atom. The van der Waals surface area contributed by atoms with Gasteiger partial charge >= 0.3 is 0 Å². The van der Waals surface area contributed by atoms with Crippen molar-refractivity contribution in [1.82, 2.24) is 34.8 Å². The Morgan fingerprint density at radius 3 is 2.77 bits per heavy atom. The molecule has 0 radical (unpaired) electrons. The number of H-pyrrole nitrogens is 1. The summed E-state index contributed by atoms with van der Waals surface area (Å²) in [6, 6.07) is 0. The van der Waals surface area contributed by atoms with Crippen molar-refractivity contribution in [2.24, 2.45) is 0 Å². The second kappa shape index (κ2) is 5.84. The molecule has 1 saturated heterocycles. The van der Waals surface area contributed by atoms with Crippen molar-refractivity contribution in [3.8, 4) is 11.3 Å². The fourth-order valence-corrected chi connectivity index (χ4v) is 3.09. The summed E-state index contributed by atoms with van der Waals surface area (Å²) in [7, 11) is 0. The maximum Gasteiger partial charge on any atom is 0.161 e. The molecule has 1 aliphatic heterocycles. The molecule has 1 fully saturated rings. The summed E-state index contributed by atoms with van der Waals surface area (Å²) in [6.07, 6.45) is 11.1. The highest BCUT2D eigenvalue weighted by Gasteiger charge is 2.14. The highest BCUT2D eigenvalue weighted by atomic mass is 15.3. The van der Waals surface area contributed by atoms with Gasteiger partial charge in [0.2, 0.25) is 0 Å². The van der Waals surface area contributed by atoms with Gasteiger partial charge in [0.1, 0.15) is 6.33 Å². The summed E-state index contributed by atoms with van der Waals surface area (Å²) >= 11 is 0. The third-order valence-electron chi connectivity index (χ3n) is 4.28. The summed E-state index contributed by atoms with van der Waals surface area (Å²) in [6.45, 7) is 4.30. The Kier molecular flexibility index (Phi) is 3.56. The van der Waals surface area contributed by atoms with E-state index in [9.17, 15) is 0 Å². The molecule has 3 aromatic rings. The summed E-state index contributed by atoms with van der Waals surface area (Å²) in [5.41, 5.74) is 2.73. The molecule has 1 aliphatic rings. The van der Waals surface area contributed by atoms with Crippen LogP contribution in [0.15, 0.2) is 24.9 Å². The van der Waals surface area contributed by atoms with Crippen molar-refractivity contribution in [3.05, 3.63) is 24.9 Å². The molecule has 4 rings (SSSR count). The van der Waals surface area contributed by atoms with Crippen molar-refractivity contribution >= 4 is 11.0 Å². The third-order valence-corrected chi connectivity index (χ3v) is 4.28. The molecule has 4 heterocycles. The van der Waals surface area contributed by atoms with Gasteiger partial charge in [-0.2, -0.15) is 10.2 Å².